The highest BCUT2D eigenvalue weighted by Gasteiger charge is 2.44. The molecular formula is C18H24ClNO3. The minimum atomic E-state index is -0.638. The summed E-state index contributed by atoms with van der Waals surface area (Å²) in [6, 6.07) is 7.43. The molecular weight excluding hydrogens is 314 g/mol. The normalized spacial score (nSPS) is 17.5. The molecule has 1 fully saturated rings. The van der Waals surface area contributed by atoms with Crippen LogP contribution in [0, 0.1) is 0 Å². The Bertz CT molecular complexity index is 550. The molecule has 0 radical (unpaired) electrons. The molecule has 0 unspecified atom stereocenters. The van der Waals surface area contributed by atoms with E-state index < -0.39 is 5.41 Å². The summed E-state index contributed by atoms with van der Waals surface area (Å²) < 4.78 is 5.34. The summed E-state index contributed by atoms with van der Waals surface area (Å²) in [4.78, 5) is 24.5. The lowest BCUT2D eigenvalue weighted by Gasteiger charge is -2.27. The first kappa shape index (κ1) is 17.8. The molecule has 2 rings (SSSR count). The third-order valence-corrected chi connectivity index (χ3v) is 4.85. The Labute approximate surface area is 142 Å². The summed E-state index contributed by atoms with van der Waals surface area (Å²) in [6.45, 7) is 3.69. The summed E-state index contributed by atoms with van der Waals surface area (Å²) in [5.74, 6) is -0.562. The number of ether oxygens (including phenoxy) is 1. The van der Waals surface area contributed by atoms with Crippen molar-refractivity contribution in [2.24, 2.45) is 0 Å². The van der Waals surface area contributed by atoms with Gasteiger partial charge in [-0.25, -0.2) is 0 Å². The third-order valence-electron chi connectivity index (χ3n) is 4.60. The van der Waals surface area contributed by atoms with Crippen LogP contribution in [0.25, 0.3) is 0 Å². The Hall–Kier alpha value is -1.55. The van der Waals surface area contributed by atoms with Gasteiger partial charge < -0.3 is 10.1 Å². The fourth-order valence-electron chi connectivity index (χ4n) is 3.05. The zero-order valence-corrected chi connectivity index (χ0v) is 14.5. The molecule has 0 heterocycles. The van der Waals surface area contributed by atoms with E-state index in [-0.39, 0.29) is 24.5 Å². The molecule has 1 aromatic rings. The van der Waals surface area contributed by atoms with Crippen LogP contribution in [0.2, 0.25) is 5.02 Å². The molecule has 1 atom stereocenters. The maximum Gasteiger partial charge on any atom is 0.317 e. The van der Waals surface area contributed by atoms with Crippen molar-refractivity contribution in [3.8, 4) is 0 Å². The summed E-state index contributed by atoms with van der Waals surface area (Å²) in [7, 11) is 0. The van der Waals surface area contributed by atoms with Crippen LogP contribution in [-0.2, 0) is 19.7 Å². The molecule has 5 heteroatoms. The number of esters is 1. The highest BCUT2D eigenvalue weighted by Crippen LogP contribution is 2.42. The number of nitrogens with one attached hydrogen (secondary N) is 1. The Balaban J connectivity index is 2.04. The fraction of sp³-hybridized carbons (Fsp3) is 0.556. The molecule has 1 aliphatic carbocycles. The predicted octanol–water partition coefficient (Wildman–Crippen LogP) is 3.61. The van der Waals surface area contributed by atoms with Crippen LogP contribution >= 0.6 is 11.6 Å². The van der Waals surface area contributed by atoms with Crippen molar-refractivity contribution in [2.75, 3.05) is 6.61 Å². The van der Waals surface area contributed by atoms with Gasteiger partial charge in [0, 0.05) is 11.1 Å². The number of hydrogen-bond acceptors (Lipinski definition) is 3. The largest absolute Gasteiger partial charge is 0.455 e. The lowest BCUT2D eigenvalue weighted by atomic mass is 9.79. The van der Waals surface area contributed by atoms with Gasteiger partial charge in [0.2, 0.25) is 0 Å². The smallest absolute Gasteiger partial charge is 0.317 e. The van der Waals surface area contributed by atoms with Crippen molar-refractivity contribution in [2.45, 2.75) is 57.4 Å². The van der Waals surface area contributed by atoms with Gasteiger partial charge in [-0.15, -0.1) is 0 Å². The van der Waals surface area contributed by atoms with Crippen molar-refractivity contribution in [3.63, 3.8) is 0 Å². The third kappa shape index (κ3) is 4.25. The zero-order valence-electron chi connectivity index (χ0n) is 13.7. The fourth-order valence-corrected chi connectivity index (χ4v) is 3.17. The van der Waals surface area contributed by atoms with E-state index in [0.29, 0.717) is 5.02 Å². The zero-order chi connectivity index (χ0) is 16.9. The summed E-state index contributed by atoms with van der Waals surface area (Å²) >= 11 is 5.94. The molecule has 4 nitrogen and oxygen atoms in total. The minimum absolute atomic E-state index is 0.0814. The molecule has 1 saturated carbocycles. The molecule has 126 valence electrons. The first-order valence-electron chi connectivity index (χ1n) is 8.20. The molecule has 0 spiro atoms. The second-order valence-corrected chi connectivity index (χ2v) is 6.69. The molecule has 1 amide bonds. The first-order valence-corrected chi connectivity index (χ1v) is 8.58. The summed E-state index contributed by atoms with van der Waals surface area (Å²) in [5, 5.41) is 3.44. The molecule has 0 bridgehead atoms. The lowest BCUT2D eigenvalue weighted by molar-refractivity contribution is -0.154. The second-order valence-electron chi connectivity index (χ2n) is 6.25. The summed E-state index contributed by atoms with van der Waals surface area (Å²) in [6.07, 6.45) is 4.31. The standard InChI is InChI=1S/C18H24ClNO3/c1-3-13(2)20-16(21)12-23-17(22)18(10-4-5-11-18)14-6-8-15(19)9-7-14/h6-9,13H,3-5,10-12H2,1-2H3,(H,20,21)/t13-/m0/s1. The van der Waals surface area contributed by atoms with E-state index in [1.54, 1.807) is 12.1 Å². The van der Waals surface area contributed by atoms with Gasteiger partial charge in [0.1, 0.15) is 0 Å². The molecule has 23 heavy (non-hydrogen) atoms. The Morgan fingerprint density at radius 1 is 1.26 bits per heavy atom. The van der Waals surface area contributed by atoms with Crippen LogP contribution in [0.4, 0.5) is 0 Å². The minimum Gasteiger partial charge on any atom is -0.455 e. The molecule has 0 saturated heterocycles. The number of halogens is 1. The number of carbonyl (C=O) groups excluding carboxylic acids is 2. The Kier molecular flexibility index (Phi) is 6.05. The van der Waals surface area contributed by atoms with Gasteiger partial charge in [0.25, 0.3) is 5.91 Å². The topological polar surface area (TPSA) is 55.4 Å². The average Bonchev–Trinajstić information content (AvgIpc) is 3.04. The predicted molar refractivity (Wildman–Crippen MR) is 90.5 cm³/mol. The lowest BCUT2D eigenvalue weighted by Crippen LogP contribution is -2.39. The van der Waals surface area contributed by atoms with Crippen LogP contribution in [0.3, 0.4) is 0 Å². The number of rotatable bonds is 6. The van der Waals surface area contributed by atoms with Gasteiger partial charge in [-0.2, -0.15) is 0 Å². The SMILES string of the molecule is CC[C@H](C)NC(=O)COC(=O)C1(c2ccc(Cl)cc2)CCCC1. The molecule has 0 aliphatic heterocycles. The van der Waals surface area contributed by atoms with E-state index in [1.807, 2.05) is 26.0 Å². The van der Waals surface area contributed by atoms with Gasteiger partial charge >= 0.3 is 5.97 Å². The van der Waals surface area contributed by atoms with Crippen molar-refractivity contribution < 1.29 is 14.3 Å². The molecule has 1 aromatic carbocycles. The van der Waals surface area contributed by atoms with E-state index in [1.165, 1.54) is 0 Å². The maximum atomic E-state index is 12.7. The Morgan fingerprint density at radius 3 is 2.43 bits per heavy atom. The van der Waals surface area contributed by atoms with Crippen LogP contribution < -0.4 is 5.32 Å². The first-order chi connectivity index (χ1) is 11.0. The van der Waals surface area contributed by atoms with E-state index in [4.69, 9.17) is 16.3 Å². The highest BCUT2D eigenvalue weighted by molar-refractivity contribution is 6.30. The van der Waals surface area contributed by atoms with E-state index in [9.17, 15) is 9.59 Å². The van der Waals surface area contributed by atoms with E-state index in [0.717, 1.165) is 37.7 Å². The van der Waals surface area contributed by atoms with E-state index >= 15 is 0 Å². The number of hydrogen-bond donors (Lipinski definition) is 1. The monoisotopic (exact) mass is 337 g/mol. The second kappa shape index (κ2) is 7.82. The van der Waals surface area contributed by atoms with Crippen molar-refractivity contribution in [3.05, 3.63) is 34.9 Å². The highest BCUT2D eigenvalue weighted by atomic mass is 35.5. The van der Waals surface area contributed by atoms with E-state index in [2.05, 4.69) is 5.32 Å². The van der Waals surface area contributed by atoms with Crippen molar-refractivity contribution in [1.82, 2.24) is 5.32 Å². The average molecular weight is 338 g/mol. The van der Waals surface area contributed by atoms with Gasteiger partial charge in [-0.1, -0.05) is 43.5 Å². The van der Waals surface area contributed by atoms with Gasteiger partial charge in [-0.05, 0) is 43.9 Å². The molecule has 0 aromatic heterocycles. The van der Waals surface area contributed by atoms with Crippen molar-refractivity contribution in [1.29, 1.82) is 0 Å². The number of benzene rings is 1. The summed E-state index contributed by atoms with van der Waals surface area (Å²) in [5.41, 5.74) is 0.285. The molecule has 1 aliphatic rings. The van der Waals surface area contributed by atoms with Crippen molar-refractivity contribution >= 4 is 23.5 Å². The van der Waals surface area contributed by atoms with Gasteiger partial charge in [0.05, 0.1) is 5.41 Å². The number of amides is 1. The maximum absolute atomic E-state index is 12.7. The van der Waals surface area contributed by atoms with Crippen LogP contribution in [0.1, 0.15) is 51.5 Å². The number of carbonyl (C=O) groups is 2. The van der Waals surface area contributed by atoms with Crippen LogP contribution in [-0.4, -0.2) is 24.5 Å². The van der Waals surface area contributed by atoms with Gasteiger partial charge in [0.15, 0.2) is 6.61 Å². The van der Waals surface area contributed by atoms with Crippen LogP contribution in [0.5, 0.6) is 0 Å². The Morgan fingerprint density at radius 2 is 1.87 bits per heavy atom. The molecule has 1 N–H and O–H groups in total. The quantitative estimate of drug-likeness (QED) is 0.807. The van der Waals surface area contributed by atoms with Crippen LogP contribution in [0.15, 0.2) is 24.3 Å². The van der Waals surface area contributed by atoms with Gasteiger partial charge in [-0.3, -0.25) is 9.59 Å².